The zero-order chi connectivity index (χ0) is 9.35. The number of aromatic nitrogens is 2. The van der Waals surface area contributed by atoms with Crippen LogP contribution < -0.4 is 0 Å². The molecule has 0 aliphatic heterocycles. The molecular formula is C5H2BrF3N2O. The van der Waals surface area contributed by atoms with Crippen LogP contribution in [0.25, 0.3) is 0 Å². The van der Waals surface area contributed by atoms with Crippen molar-refractivity contribution >= 4 is 15.9 Å². The van der Waals surface area contributed by atoms with Gasteiger partial charge in [0.15, 0.2) is 16.0 Å². The molecular weight excluding hydrogens is 241 g/mol. The SMILES string of the molecule is Oc1cc(C(F)(F)F)nnc1Br. The van der Waals surface area contributed by atoms with Crippen molar-refractivity contribution in [1.82, 2.24) is 10.2 Å². The lowest BCUT2D eigenvalue weighted by Crippen LogP contribution is -2.08. The van der Waals surface area contributed by atoms with Gasteiger partial charge in [0, 0.05) is 6.07 Å². The minimum Gasteiger partial charge on any atom is -0.505 e. The summed E-state index contributed by atoms with van der Waals surface area (Å²) in [7, 11) is 0. The highest BCUT2D eigenvalue weighted by molar-refractivity contribution is 9.10. The van der Waals surface area contributed by atoms with Gasteiger partial charge < -0.3 is 5.11 Å². The van der Waals surface area contributed by atoms with E-state index in [4.69, 9.17) is 5.11 Å². The van der Waals surface area contributed by atoms with Crippen LogP contribution in [0.15, 0.2) is 10.7 Å². The van der Waals surface area contributed by atoms with Gasteiger partial charge in [0.25, 0.3) is 0 Å². The fraction of sp³-hybridized carbons (Fsp3) is 0.200. The number of hydrogen-bond donors (Lipinski definition) is 1. The molecule has 1 rings (SSSR count). The largest absolute Gasteiger partial charge is 0.505 e. The van der Waals surface area contributed by atoms with Crippen molar-refractivity contribution in [2.45, 2.75) is 6.18 Å². The van der Waals surface area contributed by atoms with E-state index in [0.717, 1.165) is 0 Å². The molecule has 0 fully saturated rings. The highest BCUT2D eigenvalue weighted by Crippen LogP contribution is 2.30. The van der Waals surface area contributed by atoms with Gasteiger partial charge in [-0.05, 0) is 15.9 Å². The van der Waals surface area contributed by atoms with E-state index in [1.807, 2.05) is 0 Å². The van der Waals surface area contributed by atoms with Gasteiger partial charge in [-0.15, -0.1) is 10.2 Å². The van der Waals surface area contributed by atoms with Gasteiger partial charge in [-0.3, -0.25) is 0 Å². The van der Waals surface area contributed by atoms with Crippen LogP contribution in [0.5, 0.6) is 5.75 Å². The van der Waals surface area contributed by atoms with Crippen molar-refractivity contribution in [3.63, 3.8) is 0 Å². The van der Waals surface area contributed by atoms with Crippen LogP contribution >= 0.6 is 15.9 Å². The first-order valence-electron chi connectivity index (χ1n) is 2.70. The number of halogens is 4. The van der Waals surface area contributed by atoms with E-state index in [-0.39, 0.29) is 4.60 Å². The molecule has 12 heavy (non-hydrogen) atoms. The molecule has 0 unspecified atom stereocenters. The summed E-state index contributed by atoms with van der Waals surface area (Å²) in [5.41, 5.74) is -1.22. The Balaban J connectivity index is 3.14. The van der Waals surface area contributed by atoms with E-state index in [2.05, 4.69) is 26.1 Å². The molecule has 1 aromatic heterocycles. The molecule has 0 atom stereocenters. The second-order valence-corrected chi connectivity index (χ2v) is 2.65. The second-order valence-electron chi connectivity index (χ2n) is 1.90. The topological polar surface area (TPSA) is 46.0 Å². The minimum absolute atomic E-state index is 0.115. The maximum Gasteiger partial charge on any atom is 0.435 e. The molecule has 0 amide bonds. The summed E-state index contributed by atoms with van der Waals surface area (Å²) in [4.78, 5) is 0. The van der Waals surface area contributed by atoms with Gasteiger partial charge in [0.05, 0.1) is 0 Å². The lowest BCUT2D eigenvalue weighted by molar-refractivity contribution is -0.141. The van der Waals surface area contributed by atoms with Gasteiger partial charge in [-0.25, -0.2) is 0 Å². The van der Waals surface area contributed by atoms with Crippen molar-refractivity contribution < 1.29 is 18.3 Å². The van der Waals surface area contributed by atoms with Gasteiger partial charge >= 0.3 is 6.18 Å². The fourth-order valence-electron chi connectivity index (χ4n) is 0.505. The zero-order valence-electron chi connectivity index (χ0n) is 5.43. The summed E-state index contributed by atoms with van der Waals surface area (Å²) in [6, 6.07) is 0.497. The molecule has 1 aromatic rings. The molecule has 1 heterocycles. The first-order chi connectivity index (χ1) is 5.41. The highest BCUT2D eigenvalue weighted by Gasteiger charge is 2.33. The van der Waals surface area contributed by atoms with Crippen molar-refractivity contribution in [1.29, 1.82) is 0 Å². The molecule has 0 saturated heterocycles. The molecule has 0 radical (unpaired) electrons. The molecule has 0 spiro atoms. The number of rotatable bonds is 0. The summed E-state index contributed by atoms with van der Waals surface area (Å²) in [5, 5.41) is 14.7. The highest BCUT2D eigenvalue weighted by atomic mass is 79.9. The van der Waals surface area contributed by atoms with Crippen LogP contribution in [0.4, 0.5) is 13.2 Å². The maximum absolute atomic E-state index is 11.9. The third-order valence-electron chi connectivity index (χ3n) is 1.02. The number of aromatic hydroxyl groups is 1. The molecule has 7 heteroatoms. The first-order valence-corrected chi connectivity index (χ1v) is 3.50. The second kappa shape index (κ2) is 2.89. The third kappa shape index (κ3) is 1.84. The third-order valence-corrected chi connectivity index (χ3v) is 1.59. The zero-order valence-corrected chi connectivity index (χ0v) is 7.02. The summed E-state index contributed by atoms with van der Waals surface area (Å²) >= 11 is 2.71. The average Bonchev–Trinajstić information content (AvgIpc) is 1.92. The van der Waals surface area contributed by atoms with E-state index in [9.17, 15) is 13.2 Å². The Hall–Kier alpha value is -0.850. The number of hydrogen-bond acceptors (Lipinski definition) is 3. The standard InChI is InChI=1S/C5H2BrF3N2O/c6-4-2(12)1-3(10-11-4)5(7,8)9/h1H,(H,10,12). The number of nitrogens with zero attached hydrogens (tertiary/aromatic N) is 2. The summed E-state index contributed by atoms with van der Waals surface area (Å²) in [6.07, 6.45) is -4.58. The van der Waals surface area contributed by atoms with E-state index in [1.165, 1.54) is 0 Å². The van der Waals surface area contributed by atoms with Gasteiger partial charge in [-0.1, -0.05) is 0 Å². The van der Waals surface area contributed by atoms with Crippen LogP contribution in [-0.4, -0.2) is 15.3 Å². The Morgan fingerprint density at radius 3 is 2.33 bits per heavy atom. The molecule has 1 N–H and O–H groups in total. The summed E-state index contributed by atoms with van der Waals surface area (Å²) in [6.45, 7) is 0. The maximum atomic E-state index is 11.9. The molecule has 3 nitrogen and oxygen atoms in total. The van der Waals surface area contributed by atoms with Crippen LogP contribution in [-0.2, 0) is 6.18 Å². The van der Waals surface area contributed by atoms with Crippen LogP contribution in [0, 0.1) is 0 Å². The average molecular weight is 243 g/mol. The van der Waals surface area contributed by atoms with E-state index < -0.39 is 17.6 Å². The smallest absolute Gasteiger partial charge is 0.435 e. The number of alkyl halides is 3. The Kier molecular flexibility index (Phi) is 2.22. The Morgan fingerprint density at radius 1 is 1.33 bits per heavy atom. The van der Waals surface area contributed by atoms with Crippen molar-refractivity contribution in [3.05, 3.63) is 16.4 Å². The molecule has 0 saturated carbocycles. The van der Waals surface area contributed by atoms with Crippen molar-refractivity contribution in [2.24, 2.45) is 0 Å². The van der Waals surface area contributed by atoms with E-state index >= 15 is 0 Å². The lowest BCUT2D eigenvalue weighted by Gasteiger charge is -2.04. The monoisotopic (exact) mass is 242 g/mol. The van der Waals surface area contributed by atoms with Crippen LogP contribution in [0.1, 0.15) is 5.69 Å². The van der Waals surface area contributed by atoms with Crippen molar-refractivity contribution in [3.8, 4) is 5.75 Å². The van der Waals surface area contributed by atoms with Crippen LogP contribution in [0.2, 0.25) is 0 Å². The Morgan fingerprint density at radius 2 is 1.92 bits per heavy atom. The van der Waals surface area contributed by atoms with Gasteiger partial charge in [0.1, 0.15) is 0 Å². The van der Waals surface area contributed by atoms with E-state index in [1.54, 1.807) is 0 Å². The van der Waals surface area contributed by atoms with E-state index in [0.29, 0.717) is 6.07 Å². The predicted molar refractivity (Wildman–Crippen MR) is 36.4 cm³/mol. The Labute approximate surface area is 73.4 Å². The van der Waals surface area contributed by atoms with Gasteiger partial charge in [-0.2, -0.15) is 13.2 Å². The normalized spacial score (nSPS) is 11.7. The van der Waals surface area contributed by atoms with Gasteiger partial charge in [0.2, 0.25) is 0 Å². The van der Waals surface area contributed by atoms with Crippen LogP contribution in [0.3, 0.4) is 0 Å². The summed E-state index contributed by atoms with van der Waals surface area (Å²) in [5.74, 6) is -0.586. The predicted octanol–water partition coefficient (Wildman–Crippen LogP) is 1.96. The summed E-state index contributed by atoms with van der Waals surface area (Å²) < 4.78 is 35.5. The quantitative estimate of drug-likeness (QED) is 0.757. The lowest BCUT2D eigenvalue weighted by atomic mass is 10.4. The Bertz CT molecular complexity index is 301. The molecule has 66 valence electrons. The van der Waals surface area contributed by atoms with Crippen molar-refractivity contribution in [2.75, 3.05) is 0 Å². The first kappa shape index (κ1) is 9.24. The molecule has 0 aromatic carbocycles. The fourth-order valence-corrected chi connectivity index (χ4v) is 0.699. The minimum atomic E-state index is -4.58. The molecule has 0 aliphatic carbocycles. The molecule has 0 aliphatic rings. The molecule has 0 bridgehead atoms.